The summed E-state index contributed by atoms with van der Waals surface area (Å²) in [6.07, 6.45) is -0.532. The molecule has 0 unspecified atom stereocenters. The molecule has 4 atom stereocenters. The summed E-state index contributed by atoms with van der Waals surface area (Å²) in [5.74, 6) is -0.713. The lowest BCUT2D eigenvalue weighted by atomic mass is 9.87. The molecule has 0 N–H and O–H groups in total. The normalized spacial score (nSPS) is 28.4. The number of epoxide rings is 1. The van der Waals surface area contributed by atoms with Gasteiger partial charge in [0.25, 0.3) is 0 Å². The Balaban J connectivity index is 1.82. The quantitative estimate of drug-likeness (QED) is 0.306. The zero-order valence-corrected chi connectivity index (χ0v) is 18.9. The first-order chi connectivity index (χ1) is 15.0. The Hall–Kier alpha value is -3.13. The molecule has 1 aromatic heterocycles. The van der Waals surface area contributed by atoms with Gasteiger partial charge in [-0.15, -0.1) is 0 Å². The van der Waals surface area contributed by atoms with Gasteiger partial charge in [-0.25, -0.2) is 14.4 Å². The Labute approximate surface area is 185 Å². The van der Waals surface area contributed by atoms with Crippen molar-refractivity contribution in [3.05, 3.63) is 51.9 Å². The van der Waals surface area contributed by atoms with Crippen LogP contribution in [0.4, 0.5) is 0 Å². The van der Waals surface area contributed by atoms with Gasteiger partial charge in [0.15, 0.2) is 17.8 Å². The van der Waals surface area contributed by atoms with Crippen molar-refractivity contribution in [1.82, 2.24) is 0 Å². The van der Waals surface area contributed by atoms with Crippen LogP contribution in [0.25, 0.3) is 11.0 Å². The number of carbonyl (C=O) groups is 2. The minimum Gasteiger partial charge on any atom is -0.483 e. The second-order valence-electron chi connectivity index (χ2n) is 8.88. The number of allylic oxidation sites excluding steroid dienone is 1. The maximum absolute atomic E-state index is 13.0. The minimum absolute atomic E-state index is 0.278. The first kappa shape index (κ1) is 22.1. The summed E-state index contributed by atoms with van der Waals surface area (Å²) in [7, 11) is 0. The molecule has 0 aliphatic carbocycles. The molecule has 1 fully saturated rings. The van der Waals surface area contributed by atoms with E-state index in [1.54, 1.807) is 65.8 Å². The average molecular weight is 442 g/mol. The summed E-state index contributed by atoms with van der Waals surface area (Å²) in [4.78, 5) is 37.2. The molecular weight excluding hydrogens is 416 g/mol. The second kappa shape index (κ2) is 7.48. The predicted octanol–water partition coefficient (Wildman–Crippen LogP) is 3.60. The fraction of sp³-hybridized carbons (Fsp3) is 0.458. The van der Waals surface area contributed by atoms with Crippen molar-refractivity contribution < 1.29 is 33.0 Å². The van der Waals surface area contributed by atoms with Crippen LogP contribution >= 0.6 is 0 Å². The summed E-state index contributed by atoms with van der Waals surface area (Å²) in [6.45, 7) is 10.3. The van der Waals surface area contributed by atoms with E-state index in [0.29, 0.717) is 27.9 Å². The van der Waals surface area contributed by atoms with Crippen LogP contribution in [0, 0.1) is 0 Å². The van der Waals surface area contributed by atoms with Crippen molar-refractivity contribution in [2.75, 3.05) is 0 Å². The van der Waals surface area contributed by atoms with Gasteiger partial charge in [0, 0.05) is 28.7 Å². The molecule has 3 heterocycles. The van der Waals surface area contributed by atoms with Crippen molar-refractivity contribution in [2.24, 2.45) is 0 Å². The molecule has 4 rings (SSSR count). The van der Waals surface area contributed by atoms with E-state index in [1.165, 1.54) is 6.07 Å². The van der Waals surface area contributed by atoms with Gasteiger partial charge in [-0.05, 0) is 53.7 Å². The zero-order chi connectivity index (χ0) is 23.4. The first-order valence-electron chi connectivity index (χ1n) is 10.5. The maximum atomic E-state index is 13.0. The second-order valence-corrected chi connectivity index (χ2v) is 8.88. The molecule has 8 nitrogen and oxygen atoms in total. The van der Waals surface area contributed by atoms with E-state index < -0.39 is 41.0 Å². The third-order valence-corrected chi connectivity index (χ3v) is 6.16. The number of benzene rings is 1. The van der Waals surface area contributed by atoms with Crippen molar-refractivity contribution in [3.63, 3.8) is 0 Å². The molecule has 0 amide bonds. The van der Waals surface area contributed by atoms with E-state index in [0.717, 1.165) is 0 Å². The van der Waals surface area contributed by atoms with Crippen LogP contribution in [-0.2, 0) is 23.8 Å². The van der Waals surface area contributed by atoms with Gasteiger partial charge < -0.3 is 23.4 Å². The summed E-state index contributed by atoms with van der Waals surface area (Å²) in [5, 5.41) is 0.615. The lowest BCUT2D eigenvalue weighted by Gasteiger charge is -2.43. The molecule has 2 aromatic rings. The minimum atomic E-state index is -1.06. The fourth-order valence-electron chi connectivity index (χ4n) is 3.73. The van der Waals surface area contributed by atoms with Gasteiger partial charge in [-0.1, -0.05) is 6.08 Å². The van der Waals surface area contributed by atoms with Gasteiger partial charge in [-0.3, -0.25) is 0 Å². The molecule has 1 saturated heterocycles. The molecule has 0 saturated carbocycles. The van der Waals surface area contributed by atoms with E-state index in [4.69, 9.17) is 23.4 Å². The van der Waals surface area contributed by atoms with Crippen molar-refractivity contribution in [2.45, 2.75) is 71.1 Å². The van der Waals surface area contributed by atoms with E-state index in [1.807, 2.05) is 0 Å². The smallest absolute Gasteiger partial charge is 0.341 e. The molecule has 32 heavy (non-hydrogen) atoms. The molecule has 2 aliphatic rings. The summed E-state index contributed by atoms with van der Waals surface area (Å²) in [5.41, 5.74) is -1.34. The number of rotatable bonds is 4. The van der Waals surface area contributed by atoms with Crippen LogP contribution in [0.1, 0.15) is 53.2 Å². The van der Waals surface area contributed by atoms with E-state index in [9.17, 15) is 14.4 Å². The number of fused-ring (bicyclic) bond motifs is 2. The molecule has 0 radical (unpaired) electrons. The standard InChI is InChI=1S/C24H26O8/c1-7-12(2)21(26)30-20-19(29-22(27)24(6)13(3)31-24)15-10-14-8-9-18(25)28-16(14)11-17(15)32-23(20,4)5/h7-11,13,19-20H,1-6H3/b12-7-/t13-,19-,20-,24-/m1/s1. The molecule has 1 aromatic carbocycles. The monoisotopic (exact) mass is 442 g/mol. The Morgan fingerprint density at radius 2 is 1.81 bits per heavy atom. The predicted molar refractivity (Wildman–Crippen MR) is 114 cm³/mol. The first-order valence-corrected chi connectivity index (χ1v) is 10.5. The summed E-state index contributed by atoms with van der Waals surface area (Å²) < 4.78 is 28.6. The van der Waals surface area contributed by atoms with E-state index in [2.05, 4.69) is 0 Å². The molecule has 2 aliphatic heterocycles. The van der Waals surface area contributed by atoms with Gasteiger partial charge in [0.1, 0.15) is 16.9 Å². The van der Waals surface area contributed by atoms with Crippen LogP contribution in [0.15, 0.2) is 45.1 Å². The lowest BCUT2D eigenvalue weighted by Crippen LogP contribution is -2.52. The number of esters is 2. The van der Waals surface area contributed by atoms with Crippen molar-refractivity contribution >= 4 is 22.9 Å². The Kier molecular flexibility index (Phi) is 5.16. The lowest BCUT2D eigenvalue weighted by molar-refractivity contribution is -0.190. The number of carbonyl (C=O) groups excluding carboxylic acids is 2. The van der Waals surface area contributed by atoms with Crippen LogP contribution in [0.5, 0.6) is 5.75 Å². The number of hydrogen-bond donors (Lipinski definition) is 0. The van der Waals surface area contributed by atoms with E-state index >= 15 is 0 Å². The third-order valence-electron chi connectivity index (χ3n) is 6.16. The zero-order valence-electron chi connectivity index (χ0n) is 18.9. The third kappa shape index (κ3) is 3.68. The van der Waals surface area contributed by atoms with Gasteiger partial charge in [0.2, 0.25) is 0 Å². The highest BCUT2D eigenvalue weighted by Crippen LogP contribution is 2.47. The summed E-state index contributed by atoms with van der Waals surface area (Å²) >= 11 is 0. The number of ether oxygens (including phenoxy) is 4. The van der Waals surface area contributed by atoms with Crippen LogP contribution in [0.2, 0.25) is 0 Å². The Bertz CT molecular complexity index is 1190. The van der Waals surface area contributed by atoms with E-state index in [-0.39, 0.29) is 6.10 Å². The SMILES string of the molecule is C/C=C(/C)C(=O)O[C@@H]1[C@H](OC(=O)[C@]2(C)O[C@@H]2C)c2cc3ccc(=O)oc3cc2OC1(C)C. The number of hydrogen-bond acceptors (Lipinski definition) is 8. The van der Waals surface area contributed by atoms with Crippen molar-refractivity contribution in [3.8, 4) is 5.75 Å². The Morgan fingerprint density at radius 3 is 2.44 bits per heavy atom. The largest absolute Gasteiger partial charge is 0.483 e. The van der Waals surface area contributed by atoms with Gasteiger partial charge in [0.05, 0.1) is 6.10 Å². The highest BCUT2D eigenvalue weighted by Gasteiger charge is 2.59. The molecular formula is C24H26O8. The van der Waals surface area contributed by atoms with Crippen LogP contribution in [0.3, 0.4) is 0 Å². The average Bonchev–Trinajstić information content (AvgIpc) is 3.35. The summed E-state index contributed by atoms with van der Waals surface area (Å²) in [6, 6.07) is 6.21. The molecule has 0 bridgehead atoms. The molecule has 0 spiro atoms. The molecule has 170 valence electrons. The maximum Gasteiger partial charge on any atom is 0.341 e. The van der Waals surface area contributed by atoms with Crippen LogP contribution in [-0.4, -0.2) is 35.3 Å². The van der Waals surface area contributed by atoms with Gasteiger partial charge >= 0.3 is 17.6 Å². The Morgan fingerprint density at radius 1 is 1.12 bits per heavy atom. The van der Waals surface area contributed by atoms with Crippen LogP contribution < -0.4 is 10.4 Å². The van der Waals surface area contributed by atoms with Gasteiger partial charge in [-0.2, -0.15) is 0 Å². The molecule has 8 heteroatoms. The van der Waals surface area contributed by atoms with Crippen molar-refractivity contribution in [1.29, 1.82) is 0 Å². The highest BCUT2D eigenvalue weighted by atomic mass is 16.7. The fourth-order valence-corrected chi connectivity index (χ4v) is 3.73. The topological polar surface area (TPSA) is 105 Å². The highest BCUT2D eigenvalue weighted by molar-refractivity contribution is 5.88.